The van der Waals surface area contributed by atoms with Crippen molar-refractivity contribution in [3.8, 4) is 0 Å². The molecule has 0 bridgehead atoms. The fourth-order valence-electron chi connectivity index (χ4n) is 2.81. The van der Waals surface area contributed by atoms with E-state index in [1.54, 1.807) is 0 Å². The molecular weight excluding hydrogens is 254 g/mol. The maximum atomic E-state index is 9.70. The Morgan fingerprint density at radius 2 is 2.32 bits per heavy atom. The number of nitrogens with one attached hydrogen (secondary N) is 1. The maximum Gasteiger partial charge on any atom is 0.0613 e. The fourth-order valence-corrected chi connectivity index (χ4v) is 4.24. The molecule has 19 heavy (non-hydrogen) atoms. The van der Waals surface area contributed by atoms with Crippen LogP contribution < -0.4 is 5.32 Å². The normalized spacial score (nSPS) is 26.8. The molecule has 0 aromatic heterocycles. The number of hydrogen-bond acceptors (Lipinski definition) is 3. The van der Waals surface area contributed by atoms with Gasteiger partial charge in [0.1, 0.15) is 0 Å². The van der Waals surface area contributed by atoms with Crippen LogP contribution >= 0.6 is 11.8 Å². The molecule has 2 unspecified atom stereocenters. The Labute approximate surface area is 121 Å². The monoisotopic (exact) mass is 279 g/mol. The number of benzene rings is 1. The predicted molar refractivity (Wildman–Crippen MR) is 82.8 cm³/mol. The molecular formula is C16H25NOS. The molecule has 0 amide bonds. The van der Waals surface area contributed by atoms with Gasteiger partial charge in [0.25, 0.3) is 0 Å². The van der Waals surface area contributed by atoms with E-state index in [9.17, 15) is 5.11 Å². The van der Waals surface area contributed by atoms with Crippen molar-refractivity contribution in [1.82, 2.24) is 5.32 Å². The Bertz CT molecular complexity index is 409. The van der Waals surface area contributed by atoms with E-state index in [0.29, 0.717) is 5.25 Å². The summed E-state index contributed by atoms with van der Waals surface area (Å²) in [7, 11) is 0. The molecule has 2 nitrogen and oxygen atoms in total. The van der Waals surface area contributed by atoms with Gasteiger partial charge in [0.15, 0.2) is 0 Å². The molecule has 1 aromatic rings. The highest BCUT2D eigenvalue weighted by Gasteiger charge is 2.38. The third-order valence-corrected chi connectivity index (χ3v) is 5.17. The average molecular weight is 279 g/mol. The Kier molecular flexibility index (Phi) is 5.31. The van der Waals surface area contributed by atoms with Crippen molar-refractivity contribution in [2.75, 3.05) is 13.2 Å². The zero-order valence-electron chi connectivity index (χ0n) is 12.0. The number of thioether (sulfide) groups is 1. The van der Waals surface area contributed by atoms with Gasteiger partial charge < -0.3 is 10.4 Å². The minimum Gasteiger partial charge on any atom is -0.394 e. The van der Waals surface area contributed by atoms with Crippen molar-refractivity contribution in [3.05, 3.63) is 29.8 Å². The molecule has 1 fully saturated rings. The lowest BCUT2D eigenvalue weighted by Gasteiger charge is -2.28. The molecule has 106 valence electrons. The number of aryl methyl sites for hydroxylation is 1. The average Bonchev–Trinajstić information content (AvgIpc) is 2.80. The van der Waals surface area contributed by atoms with Gasteiger partial charge in [0, 0.05) is 15.7 Å². The Morgan fingerprint density at radius 1 is 1.47 bits per heavy atom. The van der Waals surface area contributed by atoms with Crippen molar-refractivity contribution in [2.24, 2.45) is 0 Å². The topological polar surface area (TPSA) is 32.3 Å². The van der Waals surface area contributed by atoms with Gasteiger partial charge in [-0.2, -0.15) is 0 Å². The maximum absolute atomic E-state index is 9.70. The van der Waals surface area contributed by atoms with Gasteiger partial charge >= 0.3 is 0 Å². The first-order valence-electron chi connectivity index (χ1n) is 7.27. The van der Waals surface area contributed by atoms with Crippen LogP contribution in [0.15, 0.2) is 29.2 Å². The molecule has 1 aromatic carbocycles. The summed E-state index contributed by atoms with van der Waals surface area (Å²) in [6.45, 7) is 5.58. The minimum atomic E-state index is -0.0303. The van der Waals surface area contributed by atoms with Crippen LogP contribution in [0, 0.1) is 6.92 Å². The lowest BCUT2D eigenvalue weighted by molar-refractivity contribution is 0.165. The van der Waals surface area contributed by atoms with Crippen molar-refractivity contribution in [2.45, 2.75) is 55.2 Å². The molecule has 1 aliphatic rings. The summed E-state index contributed by atoms with van der Waals surface area (Å²) in [5.74, 6) is 0. The summed E-state index contributed by atoms with van der Waals surface area (Å²) in [6, 6.07) is 8.71. The first-order chi connectivity index (χ1) is 9.17. The summed E-state index contributed by atoms with van der Waals surface area (Å²) in [6.07, 6.45) is 4.47. The third kappa shape index (κ3) is 3.98. The SMILES string of the molecule is CCCNC1(CO)CCC(Sc2cccc(C)c2)C1. The quantitative estimate of drug-likeness (QED) is 0.837. The first-order valence-corrected chi connectivity index (χ1v) is 8.14. The molecule has 0 heterocycles. The second-order valence-electron chi connectivity index (χ2n) is 5.66. The summed E-state index contributed by atoms with van der Waals surface area (Å²) < 4.78 is 0. The summed E-state index contributed by atoms with van der Waals surface area (Å²) >= 11 is 1.97. The van der Waals surface area contributed by atoms with E-state index in [2.05, 4.69) is 43.4 Å². The lowest BCUT2D eigenvalue weighted by Crippen LogP contribution is -2.46. The highest BCUT2D eigenvalue weighted by Crippen LogP contribution is 2.40. The lowest BCUT2D eigenvalue weighted by atomic mass is 9.99. The molecule has 0 radical (unpaired) electrons. The molecule has 1 aliphatic carbocycles. The molecule has 2 atom stereocenters. The second kappa shape index (κ2) is 6.78. The van der Waals surface area contributed by atoms with Crippen LogP contribution in [0.5, 0.6) is 0 Å². The van der Waals surface area contributed by atoms with Gasteiger partial charge in [-0.3, -0.25) is 0 Å². The van der Waals surface area contributed by atoms with Gasteiger partial charge in [0.05, 0.1) is 6.61 Å². The van der Waals surface area contributed by atoms with Crippen molar-refractivity contribution in [1.29, 1.82) is 0 Å². The van der Waals surface area contributed by atoms with E-state index in [1.807, 2.05) is 11.8 Å². The number of aliphatic hydroxyl groups is 1. The van der Waals surface area contributed by atoms with Gasteiger partial charge in [-0.05, 0) is 51.3 Å². The number of hydrogen-bond donors (Lipinski definition) is 2. The van der Waals surface area contributed by atoms with Crippen LogP contribution in [0.3, 0.4) is 0 Å². The molecule has 0 aliphatic heterocycles. The van der Waals surface area contributed by atoms with Crippen molar-refractivity contribution >= 4 is 11.8 Å². The predicted octanol–water partition coefficient (Wildman–Crippen LogP) is 3.37. The zero-order chi connectivity index (χ0) is 13.7. The van der Waals surface area contributed by atoms with E-state index < -0.39 is 0 Å². The van der Waals surface area contributed by atoms with Gasteiger partial charge in [-0.1, -0.05) is 24.6 Å². The van der Waals surface area contributed by atoms with E-state index >= 15 is 0 Å². The van der Waals surface area contributed by atoms with E-state index in [0.717, 1.165) is 25.8 Å². The number of rotatable bonds is 6. The van der Waals surface area contributed by atoms with Crippen LogP contribution in [-0.2, 0) is 0 Å². The Morgan fingerprint density at radius 3 is 3.00 bits per heavy atom. The second-order valence-corrected chi connectivity index (χ2v) is 7.04. The van der Waals surface area contributed by atoms with Crippen molar-refractivity contribution < 1.29 is 5.11 Å². The molecule has 3 heteroatoms. The Balaban J connectivity index is 1.93. The van der Waals surface area contributed by atoms with Crippen molar-refractivity contribution in [3.63, 3.8) is 0 Å². The molecule has 0 spiro atoms. The van der Waals surface area contributed by atoms with Crippen LogP contribution in [0.1, 0.15) is 38.2 Å². The van der Waals surface area contributed by atoms with E-state index in [1.165, 1.54) is 16.9 Å². The van der Waals surface area contributed by atoms with Crippen LogP contribution in [0.25, 0.3) is 0 Å². The van der Waals surface area contributed by atoms with Crippen LogP contribution in [0.4, 0.5) is 0 Å². The summed E-state index contributed by atoms with van der Waals surface area (Å²) in [4.78, 5) is 1.36. The van der Waals surface area contributed by atoms with Crippen LogP contribution in [0.2, 0.25) is 0 Å². The first kappa shape index (κ1) is 14.9. The highest BCUT2D eigenvalue weighted by molar-refractivity contribution is 8.00. The van der Waals surface area contributed by atoms with Gasteiger partial charge in [0.2, 0.25) is 0 Å². The minimum absolute atomic E-state index is 0.0303. The largest absolute Gasteiger partial charge is 0.394 e. The molecule has 2 N–H and O–H groups in total. The summed E-state index contributed by atoms with van der Waals surface area (Å²) in [5, 5.41) is 13.9. The summed E-state index contributed by atoms with van der Waals surface area (Å²) in [5.41, 5.74) is 1.29. The van der Waals surface area contributed by atoms with Gasteiger partial charge in [-0.15, -0.1) is 11.8 Å². The molecule has 0 saturated heterocycles. The van der Waals surface area contributed by atoms with Crippen LogP contribution in [-0.4, -0.2) is 29.0 Å². The number of aliphatic hydroxyl groups excluding tert-OH is 1. The smallest absolute Gasteiger partial charge is 0.0613 e. The molecule has 1 saturated carbocycles. The third-order valence-electron chi connectivity index (χ3n) is 3.91. The Hall–Kier alpha value is -0.510. The van der Waals surface area contributed by atoms with E-state index in [-0.39, 0.29) is 12.1 Å². The standard InChI is InChI=1S/C16H25NOS/c1-3-9-17-16(12-18)8-7-15(11-16)19-14-6-4-5-13(2)10-14/h4-6,10,15,17-18H,3,7-9,11-12H2,1-2H3. The fraction of sp³-hybridized carbons (Fsp3) is 0.625. The van der Waals surface area contributed by atoms with E-state index in [4.69, 9.17) is 0 Å². The highest BCUT2D eigenvalue weighted by atomic mass is 32.2. The van der Waals surface area contributed by atoms with Gasteiger partial charge in [-0.25, -0.2) is 0 Å². The zero-order valence-corrected chi connectivity index (χ0v) is 12.8. The molecule has 2 rings (SSSR count).